The van der Waals surface area contributed by atoms with Crippen molar-refractivity contribution < 1.29 is 8.42 Å². The second-order valence-electron chi connectivity index (χ2n) is 6.42. The topological polar surface area (TPSA) is 61.8 Å². The second-order valence-corrected chi connectivity index (χ2v) is 9.16. The minimum Gasteiger partial charge on any atom is -0.357 e. The SMILES string of the molecule is CCNC(=NCCC(C)C)N1CCS(=O)(=O)C(C)(C)C1.I. The summed E-state index contributed by atoms with van der Waals surface area (Å²) in [6.45, 7) is 12.6. The molecule has 1 heterocycles. The van der Waals surface area contributed by atoms with Gasteiger partial charge in [-0.25, -0.2) is 8.42 Å². The van der Waals surface area contributed by atoms with E-state index < -0.39 is 14.6 Å². The molecule has 1 fully saturated rings. The Balaban J connectivity index is 0.00000400. The molecule has 126 valence electrons. The summed E-state index contributed by atoms with van der Waals surface area (Å²) >= 11 is 0. The van der Waals surface area contributed by atoms with Crippen LogP contribution >= 0.6 is 24.0 Å². The lowest BCUT2D eigenvalue weighted by atomic mass is 10.1. The molecule has 0 saturated carbocycles. The van der Waals surface area contributed by atoms with Crippen molar-refractivity contribution in [3.63, 3.8) is 0 Å². The highest BCUT2D eigenvalue weighted by Gasteiger charge is 2.40. The van der Waals surface area contributed by atoms with Crippen molar-refractivity contribution in [2.24, 2.45) is 10.9 Å². The van der Waals surface area contributed by atoms with Gasteiger partial charge in [-0.1, -0.05) is 13.8 Å². The van der Waals surface area contributed by atoms with Crippen LogP contribution in [0.15, 0.2) is 4.99 Å². The average Bonchev–Trinajstić information content (AvgIpc) is 2.31. The molecule has 1 N–H and O–H groups in total. The number of rotatable bonds is 4. The normalized spacial score (nSPS) is 21.0. The standard InChI is InChI=1S/C14H29N3O2S.HI/c1-6-15-13(16-8-7-12(2)3)17-9-10-20(18,19)14(4,5)11-17;/h12H,6-11H2,1-5H3,(H,15,16);1H. The fourth-order valence-corrected chi connectivity index (χ4v) is 3.54. The van der Waals surface area contributed by atoms with Crippen molar-refractivity contribution in [3.05, 3.63) is 0 Å². The van der Waals surface area contributed by atoms with Crippen LogP contribution in [0, 0.1) is 5.92 Å². The van der Waals surface area contributed by atoms with Gasteiger partial charge in [0.2, 0.25) is 0 Å². The molecular formula is C14H30IN3O2S. The van der Waals surface area contributed by atoms with Crippen LogP contribution in [0.25, 0.3) is 0 Å². The van der Waals surface area contributed by atoms with E-state index in [1.54, 1.807) is 13.8 Å². The minimum absolute atomic E-state index is 0. The summed E-state index contributed by atoms with van der Waals surface area (Å²) in [5, 5.41) is 3.27. The molecule has 1 aliphatic heterocycles. The number of hydrogen-bond acceptors (Lipinski definition) is 3. The quantitative estimate of drug-likeness (QED) is 0.421. The fraction of sp³-hybridized carbons (Fsp3) is 0.929. The van der Waals surface area contributed by atoms with Gasteiger partial charge in [0, 0.05) is 26.2 Å². The number of sulfone groups is 1. The van der Waals surface area contributed by atoms with Crippen molar-refractivity contribution in [1.29, 1.82) is 0 Å². The van der Waals surface area contributed by atoms with E-state index in [-0.39, 0.29) is 29.7 Å². The summed E-state index contributed by atoms with van der Waals surface area (Å²) in [5.41, 5.74) is 0. The molecule has 0 amide bonds. The molecule has 0 atom stereocenters. The van der Waals surface area contributed by atoms with Crippen LogP contribution in [-0.2, 0) is 9.84 Å². The molecule has 5 nitrogen and oxygen atoms in total. The molecular weight excluding hydrogens is 401 g/mol. The molecule has 0 spiro atoms. The lowest BCUT2D eigenvalue weighted by Crippen LogP contribution is -2.57. The summed E-state index contributed by atoms with van der Waals surface area (Å²) < 4.78 is 23.4. The third-order valence-electron chi connectivity index (χ3n) is 3.65. The Bertz CT molecular complexity index is 447. The smallest absolute Gasteiger partial charge is 0.193 e. The zero-order chi connectivity index (χ0) is 15.4. The van der Waals surface area contributed by atoms with E-state index in [0.717, 1.165) is 25.5 Å². The number of guanidine groups is 1. The first-order valence-electron chi connectivity index (χ1n) is 7.45. The summed E-state index contributed by atoms with van der Waals surface area (Å²) in [6.07, 6.45) is 1.05. The molecule has 0 aliphatic carbocycles. The fourth-order valence-electron chi connectivity index (χ4n) is 2.18. The molecule has 21 heavy (non-hydrogen) atoms. The van der Waals surface area contributed by atoms with E-state index in [4.69, 9.17) is 0 Å². The predicted octanol–water partition coefficient (Wildman–Crippen LogP) is 2.13. The van der Waals surface area contributed by atoms with Gasteiger partial charge in [0.1, 0.15) is 0 Å². The van der Waals surface area contributed by atoms with Crippen LogP contribution in [0.4, 0.5) is 0 Å². The molecule has 0 bridgehead atoms. The summed E-state index contributed by atoms with van der Waals surface area (Å²) in [5.74, 6) is 1.67. The zero-order valence-electron chi connectivity index (χ0n) is 13.8. The van der Waals surface area contributed by atoms with E-state index in [2.05, 4.69) is 29.1 Å². The first-order valence-corrected chi connectivity index (χ1v) is 9.10. The maximum absolute atomic E-state index is 12.0. The number of nitrogens with zero attached hydrogens (tertiary/aromatic N) is 2. The van der Waals surface area contributed by atoms with E-state index in [1.165, 1.54) is 0 Å². The van der Waals surface area contributed by atoms with Gasteiger partial charge in [-0.2, -0.15) is 0 Å². The van der Waals surface area contributed by atoms with Crippen molar-refractivity contribution in [2.75, 3.05) is 31.9 Å². The highest BCUT2D eigenvalue weighted by Crippen LogP contribution is 2.23. The third-order valence-corrected chi connectivity index (χ3v) is 6.18. The highest BCUT2D eigenvalue weighted by atomic mass is 127. The van der Waals surface area contributed by atoms with Crippen molar-refractivity contribution in [1.82, 2.24) is 10.2 Å². The van der Waals surface area contributed by atoms with Crippen LogP contribution in [0.5, 0.6) is 0 Å². The molecule has 1 aliphatic rings. The van der Waals surface area contributed by atoms with Crippen molar-refractivity contribution >= 4 is 39.8 Å². The Kier molecular flexibility index (Phi) is 8.53. The Morgan fingerprint density at radius 3 is 2.48 bits per heavy atom. The van der Waals surface area contributed by atoms with Gasteiger partial charge in [-0.3, -0.25) is 4.99 Å². The summed E-state index contributed by atoms with van der Waals surface area (Å²) in [7, 11) is -3.00. The number of halogens is 1. The third kappa shape index (κ3) is 5.92. The molecule has 0 aromatic carbocycles. The van der Waals surface area contributed by atoms with Crippen LogP contribution in [-0.4, -0.2) is 56.0 Å². The Hall–Kier alpha value is -0.0500. The number of aliphatic imine (C=N–C) groups is 1. The van der Waals surface area contributed by atoms with Gasteiger partial charge >= 0.3 is 0 Å². The average molecular weight is 431 g/mol. The molecule has 1 rings (SSSR count). The number of nitrogens with one attached hydrogen (secondary N) is 1. The van der Waals surface area contributed by atoms with Crippen LogP contribution in [0.2, 0.25) is 0 Å². The molecule has 0 aromatic rings. The van der Waals surface area contributed by atoms with Crippen molar-refractivity contribution in [3.8, 4) is 0 Å². The van der Waals surface area contributed by atoms with Gasteiger partial charge in [-0.05, 0) is 33.1 Å². The minimum atomic E-state index is -3.00. The van der Waals surface area contributed by atoms with Gasteiger partial charge in [0.25, 0.3) is 0 Å². The molecule has 7 heteroatoms. The van der Waals surface area contributed by atoms with Crippen LogP contribution in [0.1, 0.15) is 41.0 Å². The Morgan fingerprint density at radius 1 is 1.38 bits per heavy atom. The highest BCUT2D eigenvalue weighted by molar-refractivity contribution is 14.0. The van der Waals surface area contributed by atoms with E-state index in [0.29, 0.717) is 19.0 Å². The molecule has 0 aromatic heterocycles. The van der Waals surface area contributed by atoms with Crippen LogP contribution in [0.3, 0.4) is 0 Å². The maximum atomic E-state index is 12.0. The monoisotopic (exact) mass is 431 g/mol. The first kappa shape index (κ1) is 20.9. The van der Waals surface area contributed by atoms with Gasteiger partial charge in [-0.15, -0.1) is 24.0 Å². The van der Waals surface area contributed by atoms with Gasteiger partial charge in [0.05, 0.1) is 10.5 Å². The van der Waals surface area contributed by atoms with E-state index in [1.807, 2.05) is 6.92 Å². The van der Waals surface area contributed by atoms with Gasteiger partial charge in [0.15, 0.2) is 15.8 Å². The molecule has 0 radical (unpaired) electrons. The molecule has 1 saturated heterocycles. The number of hydrogen-bond donors (Lipinski definition) is 1. The second kappa shape index (κ2) is 8.55. The lowest BCUT2D eigenvalue weighted by molar-refractivity contribution is 0.353. The largest absolute Gasteiger partial charge is 0.357 e. The zero-order valence-corrected chi connectivity index (χ0v) is 17.0. The Labute approximate surface area is 146 Å². The van der Waals surface area contributed by atoms with E-state index in [9.17, 15) is 8.42 Å². The predicted molar refractivity (Wildman–Crippen MR) is 100 cm³/mol. The first-order chi connectivity index (χ1) is 9.19. The summed E-state index contributed by atoms with van der Waals surface area (Å²) in [6, 6.07) is 0. The summed E-state index contributed by atoms with van der Waals surface area (Å²) in [4.78, 5) is 6.70. The lowest BCUT2D eigenvalue weighted by Gasteiger charge is -2.39. The van der Waals surface area contributed by atoms with Gasteiger partial charge < -0.3 is 10.2 Å². The maximum Gasteiger partial charge on any atom is 0.193 e. The van der Waals surface area contributed by atoms with E-state index >= 15 is 0 Å². The Morgan fingerprint density at radius 2 is 2.00 bits per heavy atom. The van der Waals surface area contributed by atoms with Crippen LogP contribution < -0.4 is 5.32 Å². The van der Waals surface area contributed by atoms with Crippen molar-refractivity contribution in [2.45, 2.75) is 45.8 Å². The molecule has 0 unspecified atom stereocenters.